The van der Waals surface area contributed by atoms with Gasteiger partial charge in [0.25, 0.3) is 5.78 Å². The fraction of sp³-hybridized carbons (Fsp3) is 0.217. The number of aryl methyl sites for hydroxylation is 2. The number of nitrogens with zero attached hydrogens (tertiary/aromatic N) is 4. The Morgan fingerprint density at radius 1 is 1.10 bits per heavy atom. The van der Waals surface area contributed by atoms with Crippen LogP contribution in [0.2, 0.25) is 0 Å². The van der Waals surface area contributed by atoms with Crippen LogP contribution in [0.15, 0.2) is 48.8 Å². The second kappa shape index (κ2) is 6.81. The van der Waals surface area contributed by atoms with Crippen molar-refractivity contribution in [3.8, 4) is 11.1 Å². The lowest BCUT2D eigenvalue weighted by molar-refractivity contribution is -0.116. The van der Waals surface area contributed by atoms with Crippen LogP contribution in [0.3, 0.4) is 0 Å². The molecule has 0 spiro atoms. The van der Waals surface area contributed by atoms with Gasteiger partial charge in [-0.15, -0.1) is 0 Å². The van der Waals surface area contributed by atoms with Crippen molar-refractivity contribution in [3.05, 3.63) is 76.9 Å². The number of rotatable bonds is 4. The fourth-order valence-corrected chi connectivity index (χ4v) is 4.18. The maximum Gasteiger partial charge on any atom is 0.252 e. The van der Waals surface area contributed by atoms with Crippen LogP contribution in [0.5, 0.6) is 0 Å². The van der Waals surface area contributed by atoms with E-state index in [-0.39, 0.29) is 5.91 Å². The Bertz CT molecular complexity index is 1260. The van der Waals surface area contributed by atoms with Gasteiger partial charge in [-0.2, -0.15) is 10.1 Å². The molecule has 0 bridgehead atoms. The van der Waals surface area contributed by atoms with E-state index in [2.05, 4.69) is 56.8 Å². The molecule has 0 saturated carbocycles. The number of benzene rings is 2. The first kappa shape index (κ1) is 17.6. The van der Waals surface area contributed by atoms with Gasteiger partial charge in [-0.1, -0.05) is 30.3 Å². The Balaban J connectivity index is 1.31. The zero-order valence-electron chi connectivity index (χ0n) is 16.4. The van der Waals surface area contributed by atoms with E-state index >= 15 is 0 Å². The predicted octanol–water partition coefficient (Wildman–Crippen LogP) is 3.88. The van der Waals surface area contributed by atoms with Crippen molar-refractivity contribution < 1.29 is 4.79 Å². The summed E-state index contributed by atoms with van der Waals surface area (Å²) in [6, 6.07) is 14.6. The third kappa shape index (κ3) is 3.06. The molecule has 2 aromatic carbocycles. The normalized spacial score (nSPS) is 12.1. The van der Waals surface area contributed by atoms with Crippen LogP contribution in [0.1, 0.15) is 34.5 Å². The molecule has 1 aliphatic rings. The van der Waals surface area contributed by atoms with Crippen molar-refractivity contribution in [2.24, 2.45) is 0 Å². The molecule has 0 aliphatic heterocycles. The Morgan fingerprint density at radius 3 is 2.83 bits per heavy atom. The van der Waals surface area contributed by atoms with Crippen LogP contribution in [-0.4, -0.2) is 25.5 Å². The number of hydrogen-bond donors (Lipinski definition) is 1. The first-order chi connectivity index (χ1) is 14.1. The molecular formula is C23H21N5O. The lowest BCUT2D eigenvalue weighted by Crippen LogP contribution is -2.14. The Morgan fingerprint density at radius 2 is 1.93 bits per heavy atom. The second-order valence-corrected chi connectivity index (χ2v) is 7.49. The van der Waals surface area contributed by atoms with Gasteiger partial charge in [0.05, 0.1) is 0 Å². The van der Waals surface area contributed by atoms with Crippen molar-refractivity contribution in [1.29, 1.82) is 0 Å². The van der Waals surface area contributed by atoms with Gasteiger partial charge in [-0.05, 0) is 66.6 Å². The van der Waals surface area contributed by atoms with Gasteiger partial charge in [0.2, 0.25) is 5.91 Å². The van der Waals surface area contributed by atoms with Crippen LogP contribution < -0.4 is 5.32 Å². The van der Waals surface area contributed by atoms with E-state index in [4.69, 9.17) is 0 Å². The number of aromatic nitrogens is 4. The summed E-state index contributed by atoms with van der Waals surface area (Å²) >= 11 is 0. The topological polar surface area (TPSA) is 72.2 Å². The summed E-state index contributed by atoms with van der Waals surface area (Å²) in [5.74, 6) is 0.584. The highest BCUT2D eigenvalue weighted by molar-refractivity contribution is 5.92. The smallest absolute Gasteiger partial charge is 0.252 e. The minimum atomic E-state index is -0.00582. The van der Waals surface area contributed by atoms with Crippen LogP contribution >= 0.6 is 0 Å². The number of fused-ring (bicyclic) bond motifs is 4. The molecule has 0 fully saturated rings. The standard InChI is InChI=1S/C23H21N5O/c1-14-19(15(2)28-23(26-14)24-13-25-28)9-10-22(29)27-18-8-7-17-11-16-5-3-4-6-20(16)21(17)12-18/h3-8,12-13H,9-11H2,1-2H3,(H,27,29). The summed E-state index contributed by atoms with van der Waals surface area (Å²) in [5, 5.41) is 7.26. The summed E-state index contributed by atoms with van der Waals surface area (Å²) < 4.78 is 1.72. The van der Waals surface area contributed by atoms with Crippen molar-refractivity contribution >= 4 is 17.4 Å². The Labute approximate surface area is 168 Å². The quantitative estimate of drug-likeness (QED) is 0.511. The predicted molar refractivity (Wildman–Crippen MR) is 112 cm³/mol. The van der Waals surface area contributed by atoms with E-state index in [1.54, 1.807) is 4.52 Å². The summed E-state index contributed by atoms with van der Waals surface area (Å²) in [7, 11) is 0. The highest BCUT2D eigenvalue weighted by Crippen LogP contribution is 2.37. The van der Waals surface area contributed by atoms with E-state index < -0.39 is 0 Å². The number of carbonyl (C=O) groups is 1. The zero-order chi connectivity index (χ0) is 20.0. The van der Waals surface area contributed by atoms with Crippen molar-refractivity contribution in [2.45, 2.75) is 33.1 Å². The summed E-state index contributed by atoms with van der Waals surface area (Å²) in [6.45, 7) is 3.94. The summed E-state index contributed by atoms with van der Waals surface area (Å²) in [5.41, 5.74) is 8.88. The molecule has 2 heterocycles. The Kier molecular flexibility index (Phi) is 4.12. The molecule has 29 heavy (non-hydrogen) atoms. The van der Waals surface area contributed by atoms with Gasteiger partial charge in [-0.25, -0.2) is 9.50 Å². The molecule has 0 radical (unpaired) electrons. The first-order valence-electron chi connectivity index (χ1n) is 9.77. The third-order valence-electron chi connectivity index (χ3n) is 5.67. The van der Waals surface area contributed by atoms with Crippen LogP contribution in [0, 0.1) is 13.8 Å². The molecule has 0 saturated heterocycles. The van der Waals surface area contributed by atoms with Crippen molar-refractivity contribution in [1.82, 2.24) is 19.6 Å². The van der Waals surface area contributed by atoms with E-state index in [1.807, 2.05) is 19.9 Å². The van der Waals surface area contributed by atoms with E-state index in [9.17, 15) is 4.79 Å². The fourth-order valence-electron chi connectivity index (χ4n) is 4.18. The van der Waals surface area contributed by atoms with Gasteiger partial charge < -0.3 is 5.32 Å². The van der Waals surface area contributed by atoms with Gasteiger partial charge >= 0.3 is 0 Å². The summed E-state index contributed by atoms with van der Waals surface area (Å²) in [6.07, 6.45) is 3.45. The third-order valence-corrected chi connectivity index (χ3v) is 5.67. The molecule has 1 N–H and O–H groups in total. The monoisotopic (exact) mass is 383 g/mol. The lowest BCUT2D eigenvalue weighted by Gasteiger charge is -2.11. The van der Waals surface area contributed by atoms with Crippen LogP contribution in [0.25, 0.3) is 16.9 Å². The molecule has 6 heteroatoms. The van der Waals surface area contributed by atoms with Crippen LogP contribution in [0.4, 0.5) is 5.69 Å². The van der Waals surface area contributed by atoms with Crippen LogP contribution in [-0.2, 0) is 17.6 Å². The molecule has 0 atom stereocenters. The number of amides is 1. The SMILES string of the molecule is Cc1nc2ncnn2c(C)c1CCC(=O)Nc1ccc2c(c1)-c1ccccc1C2. The molecule has 2 aromatic heterocycles. The highest BCUT2D eigenvalue weighted by atomic mass is 16.1. The zero-order valence-corrected chi connectivity index (χ0v) is 16.4. The number of carbonyl (C=O) groups excluding carboxylic acids is 1. The molecule has 0 unspecified atom stereocenters. The van der Waals surface area contributed by atoms with Gasteiger partial charge in [-0.3, -0.25) is 4.79 Å². The minimum Gasteiger partial charge on any atom is -0.326 e. The maximum atomic E-state index is 12.6. The average Bonchev–Trinajstić information content (AvgIpc) is 3.32. The van der Waals surface area contributed by atoms with Gasteiger partial charge in [0.1, 0.15) is 6.33 Å². The van der Waals surface area contributed by atoms with E-state index in [1.165, 1.54) is 28.6 Å². The molecular weight excluding hydrogens is 362 g/mol. The van der Waals surface area contributed by atoms with Crippen molar-refractivity contribution in [3.63, 3.8) is 0 Å². The van der Waals surface area contributed by atoms with Gasteiger partial charge in [0.15, 0.2) is 0 Å². The molecule has 144 valence electrons. The average molecular weight is 383 g/mol. The second-order valence-electron chi connectivity index (χ2n) is 7.49. The Hall–Kier alpha value is -3.54. The largest absolute Gasteiger partial charge is 0.326 e. The lowest BCUT2D eigenvalue weighted by atomic mass is 10.0. The molecule has 5 rings (SSSR count). The number of anilines is 1. The molecule has 6 nitrogen and oxygen atoms in total. The number of hydrogen-bond acceptors (Lipinski definition) is 4. The number of nitrogens with one attached hydrogen (secondary N) is 1. The van der Waals surface area contributed by atoms with Gasteiger partial charge in [0, 0.05) is 23.5 Å². The van der Waals surface area contributed by atoms with Crippen molar-refractivity contribution in [2.75, 3.05) is 5.32 Å². The van der Waals surface area contributed by atoms with E-state index in [0.717, 1.165) is 29.1 Å². The molecule has 4 aromatic rings. The molecule has 1 amide bonds. The minimum absolute atomic E-state index is 0.00582. The summed E-state index contributed by atoms with van der Waals surface area (Å²) in [4.78, 5) is 21.2. The highest BCUT2D eigenvalue weighted by Gasteiger charge is 2.18. The molecule has 1 aliphatic carbocycles. The maximum absolute atomic E-state index is 12.6. The van der Waals surface area contributed by atoms with E-state index in [0.29, 0.717) is 18.6 Å². The first-order valence-corrected chi connectivity index (χ1v) is 9.77.